The summed E-state index contributed by atoms with van der Waals surface area (Å²) >= 11 is 0. The summed E-state index contributed by atoms with van der Waals surface area (Å²) in [5, 5.41) is 15.0. The lowest BCUT2D eigenvalue weighted by Crippen LogP contribution is -2.44. The summed E-state index contributed by atoms with van der Waals surface area (Å²) in [5.74, 6) is 0. The second-order valence-corrected chi connectivity index (χ2v) is 10.1. The van der Waals surface area contributed by atoms with Gasteiger partial charge in [-0.15, -0.1) is 5.10 Å². The summed E-state index contributed by atoms with van der Waals surface area (Å²) in [6, 6.07) is 0. The highest BCUT2D eigenvalue weighted by atomic mass is 16.6. The van der Waals surface area contributed by atoms with E-state index in [9.17, 15) is 0 Å². The van der Waals surface area contributed by atoms with E-state index in [0.29, 0.717) is 145 Å². The van der Waals surface area contributed by atoms with Gasteiger partial charge >= 0.3 is 0 Å². The van der Waals surface area contributed by atoms with Crippen LogP contribution in [0.4, 0.5) is 0 Å². The third-order valence-electron chi connectivity index (χ3n) is 6.44. The summed E-state index contributed by atoms with van der Waals surface area (Å²) < 4.78 is 56.6. The van der Waals surface area contributed by atoms with Crippen molar-refractivity contribution in [1.82, 2.24) is 25.2 Å². The molecule has 2 heterocycles. The van der Waals surface area contributed by atoms with Crippen LogP contribution in [0.2, 0.25) is 0 Å². The van der Waals surface area contributed by atoms with E-state index in [2.05, 4.69) is 30.6 Å². The Morgan fingerprint density at radius 1 is 0.596 bits per heavy atom. The van der Waals surface area contributed by atoms with Gasteiger partial charge in [0.1, 0.15) is 5.69 Å². The van der Waals surface area contributed by atoms with Crippen molar-refractivity contribution in [2.24, 2.45) is 5.11 Å². The minimum absolute atomic E-state index is 0.328. The first-order valence-corrected chi connectivity index (χ1v) is 16.5. The topological polar surface area (TPSA) is 187 Å². The van der Waals surface area contributed by atoms with Gasteiger partial charge in [0.25, 0.3) is 0 Å². The molecule has 1 saturated heterocycles. The van der Waals surface area contributed by atoms with Crippen molar-refractivity contribution in [2.45, 2.75) is 13.2 Å². The van der Waals surface area contributed by atoms with Crippen LogP contribution in [0.15, 0.2) is 11.3 Å². The molecule has 1 aliphatic rings. The molecule has 1 N–H and O–H groups in total. The van der Waals surface area contributed by atoms with Crippen LogP contribution >= 0.6 is 0 Å². The van der Waals surface area contributed by atoms with Crippen LogP contribution in [0.25, 0.3) is 10.4 Å². The van der Waals surface area contributed by atoms with Crippen molar-refractivity contribution in [3.8, 4) is 0 Å². The van der Waals surface area contributed by atoms with Crippen LogP contribution in [0.3, 0.4) is 0 Å². The van der Waals surface area contributed by atoms with Crippen LogP contribution in [-0.2, 0) is 60.5 Å². The first-order chi connectivity index (χ1) is 23.4. The maximum absolute atomic E-state index is 8.14. The standard InChI is InChI=1S/C29H56N8O10/c30-34-32-3-8-38-11-13-40-15-17-42-19-21-44-23-25-46-26-24-45-22-20-43-18-16-41-14-12-39-10-7-37-27-29(33-35-37)28-47-9-6-36-4-1-31-2-5-36/h27,31H,1-26,28H2. The van der Waals surface area contributed by atoms with Crippen LogP contribution in [0, 0.1) is 0 Å². The number of rotatable bonds is 35. The number of hydrogen-bond donors (Lipinski definition) is 1. The molecule has 2 rings (SSSR count). The Kier molecular flexibility index (Phi) is 28.5. The van der Waals surface area contributed by atoms with Gasteiger partial charge in [0.2, 0.25) is 0 Å². The molecule has 0 spiro atoms. The van der Waals surface area contributed by atoms with Gasteiger partial charge in [-0.2, -0.15) is 0 Å². The molecule has 0 radical (unpaired) electrons. The molecular formula is C29H56N8O10. The molecule has 0 amide bonds. The second kappa shape index (κ2) is 32.5. The van der Waals surface area contributed by atoms with Gasteiger partial charge in [-0.05, 0) is 5.53 Å². The van der Waals surface area contributed by atoms with Crippen molar-refractivity contribution in [3.05, 3.63) is 22.3 Å². The molecule has 0 saturated carbocycles. The molecular weight excluding hydrogens is 620 g/mol. The lowest BCUT2D eigenvalue weighted by atomic mass is 10.4. The van der Waals surface area contributed by atoms with Gasteiger partial charge in [-0.25, -0.2) is 4.68 Å². The number of aromatic nitrogens is 3. The molecule has 47 heavy (non-hydrogen) atoms. The maximum Gasteiger partial charge on any atom is 0.108 e. The Labute approximate surface area is 278 Å². The fraction of sp³-hybridized carbons (Fsp3) is 0.931. The molecule has 1 aliphatic heterocycles. The van der Waals surface area contributed by atoms with Gasteiger partial charge in [0.15, 0.2) is 0 Å². The van der Waals surface area contributed by atoms with E-state index >= 15 is 0 Å². The fourth-order valence-corrected chi connectivity index (χ4v) is 3.99. The minimum Gasteiger partial charge on any atom is -0.379 e. The van der Waals surface area contributed by atoms with Crippen LogP contribution < -0.4 is 5.32 Å². The molecule has 1 aromatic rings. The highest BCUT2D eigenvalue weighted by Gasteiger charge is 2.09. The number of nitrogens with zero attached hydrogens (tertiary/aromatic N) is 7. The second-order valence-electron chi connectivity index (χ2n) is 10.1. The number of azide groups is 1. The lowest BCUT2D eigenvalue weighted by Gasteiger charge is -2.26. The molecule has 0 aromatic carbocycles. The van der Waals surface area contributed by atoms with E-state index in [1.807, 2.05) is 6.20 Å². The quantitative estimate of drug-likeness (QED) is 0.0443. The van der Waals surface area contributed by atoms with Crippen LogP contribution in [0.5, 0.6) is 0 Å². The van der Waals surface area contributed by atoms with Gasteiger partial charge < -0.3 is 52.7 Å². The average molecular weight is 677 g/mol. The Balaban J connectivity index is 1.19. The van der Waals surface area contributed by atoms with Gasteiger partial charge in [-0.3, -0.25) is 4.90 Å². The van der Waals surface area contributed by atoms with E-state index in [4.69, 9.17) is 52.9 Å². The van der Waals surface area contributed by atoms with Gasteiger partial charge in [0.05, 0.1) is 145 Å². The molecule has 0 atom stereocenters. The molecule has 0 bridgehead atoms. The smallest absolute Gasteiger partial charge is 0.108 e. The maximum atomic E-state index is 8.14. The van der Waals surface area contributed by atoms with E-state index in [1.54, 1.807) is 4.68 Å². The molecule has 1 aromatic heterocycles. The largest absolute Gasteiger partial charge is 0.379 e. The Morgan fingerprint density at radius 2 is 1.02 bits per heavy atom. The summed E-state index contributed by atoms with van der Waals surface area (Å²) in [7, 11) is 0. The summed E-state index contributed by atoms with van der Waals surface area (Å²) in [6.07, 6.45) is 1.90. The van der Waals surface area contributed by atoms with Crippen molar-refractivity contribution >= 4 is 0 Å². The Hall–Kier alpha value is -2.03. The number of nitrogens with one attached hydrogen (secondary N) is 1. The molecule has 1 fully saturated rings. The zero-order chi connectivity index (χ0) is 33.1. The molecule has 272 valence electrons. The molecule has 0 aliphatic carbocycles. The van der Waals surface area contributed by atoms with Crippen LogP contribution in [-0.4, -0.2) is 185 Å². The number of piperazine rings is 1. The van der Waals surface area contributed by atoms with Crippen molar-refractivity contribution < 1.29 is 47.4 Å². The molecule has 0 unspecified atom stereocenters. The Morgan fingerprint density at radius 3 is 1.49 bits per heavy atom. The van der Waals surface area contributed by atoms with E-state index < -0.39 is 0 Å². The first kappa shape index (κ1) is 41.1. The summed E-state index contributed by atoms with van der Waals surface area (Å²) in [4.78, 5) is 5.05. The third kappa shape index (κ3) is 26.6. The first-order valence-electron chi connectivity index (χ1n) is 16.5. The zero-order valence-electron chi connectivity index (χ0n) is 27.9. The van der Waals surface area contributed by atoms with Gasteiger partial charge in [-0.1, -0.05) is 10.3 Å². The monoisotopic (exact) mass is 676 g/mol. The minimum atomic E-state index is 0.328. The Bertz CT molecular complexity index is 863. The van der Waals surface area contributed by atoms with Crippen molar-refractivity contribution in [3.63, 3.8) is 0 Å². The highest BCUT2D eigenvalue weighted by Crippen LogP contribution is 1.98. The van der Waals surface area contributed by atoms with Crippen LogP contribution in [0.1, 0.15) is 5.69 Å². The average Bonchev–Trinajstić information content (AvgIpc) is 3.55. The van der Waals surface area contributed by atoms with Crippen molar-refractivity contribution in [1.29, 1.82) is 0 Å². The summed E-state index contributed by atoms with van der Waals surface area (Å²) in [5.41, 5.74) is 8.97. The summed E-state index contributed by atoms with van der Waals surface area (Å²) in [6.45, 7) is 16.2. The normalized spacial score (nSPS) is 13.7. The third-order valence-corrected chi connectivity index (χ3v) is 6.44. The van der Waals surface area contributed by atoms with Gasteiger partial charge in [0, 0.05) is 44.2 Å². The number of hydrogen-bond acceptors (Lipinski definition) is 15. The van der Waals surface area contributed by atoms with Crippen molar-refractivity contribution in [2.75, 3.05) is 165 Å². The van der Waals surface area contributed by atoms with E-state index in [-0.39, 0.29) is 0 Å². The van der Waals surface area contributed by atoms with E-state index in [0.717, 1.165) is 38.4 Å². The molecule has 18 heteroatoms. The van der Waals surface area contributed by atoms with E-state index in [1.165, 1.54) is 0 Å². The lowest BCUT2D eigenvalue weighted by molar-refractivity contribution is -0.0250. The predicted molar refractivity (Wildman–Crippen MR) is 170 cm³/mol. The zero-order valence-corrected chi connectivity index (χ0v) is 27.9. The fourth-order valence-electron chi connectivity index (χ4n) is 3.99. The molecule has 18 nitrogen and oxygen atoms in total. The SMILES string of the molecule is [N-]=[N+]=NCCOCCOCCOCCOCCOCCOCCOCCOCCOCCn1cc(COCCN2CCNCC2)nn1. The highest BCUT2D eigenvalue weighted by molar-refractivity contribution is 4.89. The predicted octanol–water partition coefficient (Wildman–Crippen LogP) is 0.160. The number of ether oxygens (including phenoxy) is 10.